The van der Waals surface area contributed by atoms with Crippen LogP contribution in [0.4, 0.5) is 4.79 Å². The highest BCUT2D eigenvalue weighted by molar-refractivity contribution is 5.63. The number of carbonyl (C=O) groups is 1. The van der Waals surface area contributed by atoms with Gasteiger partial charge in [0.25, 0.3) is 0 Å². The molecule has 0 saturated heterocycles. The number of hydrogen-bond acceptors (Lipinski definition) is 5. The summed E-state index contributed by atoms with van der Waals surface area (Å²) in [7, 11) is 0. The molecule has 0 saturated carbocycles. The summed E-state index contributed by atoms with van der Waals surface area (Å²) in [6.07, 6.45) is -1.45. The highest BCUT2D eigenvalue weighted by Crippen LogP contribution is 2.09. The number of para-hydroxylation sites is 1. The minimum Gasteiger partial charge on any atom is -0.404 e. The zero-order valence-corrected chi connectivity index (χ0v) is 10.6. The van der Waals surface area contributed by atoms with Gasteiger partial charge in [-0.1, -0.05) is 18.2 Å². The quantitative estimate of drug-likeness (QED) is 0.324. The summed E-state index contributed by atoms with van der Waals surface area (Å²) >= 11 is 0. The summed E-state index contributed by atoms with van der Waals surface area (Å²) in [4.78, 5) is 11.4. The summed E-state index contributed by atoms with van der Waals surface area (Å²) in [6, 6.07) is 8.71. The zero-order chi connectivity index (χ0) is 13.2. The van der Waals surface area contributed by atoms with E-state index in [9.17, 15) is 4.79 Å². The molecule has 0 bridgehead atoms. The van der Waals surface area contributed by atoms with E-state index < -0.39 is 12.4 Å². The third kappa shape index (κ3) is 6.22. The van der Waals surface area contributed by atoms with Gasteiger partial charge in [0.05, 0.1) is 13.2 Å². The molecule has 0 heterocycles. The van der Waals surface area contributed by atoms with Crippen molar-refractivity contribution in [2.45, 2.75) is 20.1 Å². The molecule has 0 aromatic heterocycles. The number of ether oxygens (including phenoxy) is 4. The Bertz CT molecular complexity index is 338. The average molecular weight is 254 g/mol. The highest BCUT2D eigenvalue weighted by atomic mass is 16.8. The lowest BCUT2D eigenvalue weighted by molar-refractivity contribution is -0.113. The molecule has 1 aromatic rings. The summed E-state index contributed by atoms with van der Waals surface area (Å²) in [5.74, 6) is 0.434. The smallest absolute Gasteiger partial charge is 0.404 e. The average Bonchev–Trinajstić information content (AvgIpc) is 2.35. The monoisotopic (exact) mass is 254 g/mol. The molecule has 5 nitrogen and oxygen atoms in total. The van der Waals surface area contributed by atoms with Crippen LogP contribution in [0.1, 0.15) is 13.8 Å². The first-order valence-corrected chi connectivity index (χ1v) is 5.85. The van der Waals surface area contributed by atoms with Crippen LogP contribution in [0.15, 0.2) is 30.3 Å². The van der Waals surface area contributed by atoms with Crippen molar-refractivity contribution in [2.75, 3.05) is 19.8 Å². The lowest BCUT2D eigenvalue weighted by atomic mass is 10.3. The van der Waals surface area contributed by atoms with Crippen LogP contribution in [-0.2, 0) is 14.2 Å². The Morgan fingerprint density at radius 2 is 1.94 bits per heavy atom. The van der Waals surface area contributed by atoms with Gasteiger partial charge in [-0.2, -0.15) is 0 Å². The Morgan fingerprint density at radius 3 is 2.61 bits per heavy atom. The van der Waals surface area contributed by atoms with Crippen LogP contribution >= 0.6 is 0 Å². The topological polar surface area (TPSA) is 54.0 Å². The molecule has 0 radical (unpaired) electrons. The third-order valence-electron chi connectivity index (χ3n) is 1.99. The van der Waals surface area contributed by atoms with Crippen LogP contribution in [0.2, 0.25) is 0 Å². The highest BCUT2D eigenvalue weighted by Gasteiger charge is 2.11. The molecule has 5 heteroatoms. The second kappa shape index (κ2) is 8.49. The van der Waals surface area contributed by atoms with E-state index >= 15 is 0 Å². The maximum atomic E-state index is 11.4. The van der Waals surface area contributed by atoms with Crippen LogP contribution in [0.3, 0.4) is 0 Å². The molecular weight excluding hydrogens is 236 g/mol. The van der Waals surface area contributed by atoms with E-state index in [0.29, 0.717) is 25.6 Å². The standard InChI is InChI=1S/C13H18O5/c1-3-15-9-10-16-11(2)17-13(14)18-12-7-5-4-6-8-12/h4-8,11H,3,9-10H2,1-2H3. The molecule has 0 aliphatic rings. The van der Waals surface area contributed by atoms with Gasteiger partial charge in [-0.15, -0.1) is 0 Å². The second-order valence-corrected chi connectivity index (χ2v) is 3.42. The molecule has 1 aromatic carbocycles. The fourth-order valence-electron chi connectivity index (χ4n) is 1.20. The third-order valence-corrected chi connectivity index (χ3v) is 1.99. The zero-order valence-electron chi connectivity index (χ0n) is 10.6. The van der Waals surface area contributed by atoms with Gasteiger partial charge in [0.1, 0.15) is 5.75 Å². The van der Waals surface area contributed by atoms with E-state index in [4.69, 9.17) is 18.9 Å². The number of hydrogen-bond donors (Lipinski definition) is 0. The molecule has 100 valence electrons. The first-order chi connectivity index (χ1) is 8.72. The Labute approximate surface area is 107 Å². The van der Waals surface area contributed by atoms with E-state index in [-0.39, 0.29) is 0 Å². The van der Waals surface area contributed by atoms with Gasteiger partial charge in [0, 0.05) is 6.61 Å². The van der Waals surface area contributed by atoms with Gasteiger partial charge in [-0.25, -0.2) is 4.79 Å². The van der Waals surface area contributed by atoms with Crippen molar-refractivity contribution in [1.29, 1.82) is 0 Å². The van der Waals surface area contributed by atoms with Crippen LogP contribution in [0, 0.1) is 0 Å². The molecule has 0 fully saturated rings. The van der Waals surface area contributed by atoms with Gasteiger partial charge in [-0.05, 0) is 26.0 Å². The molecule has 1 unspecified atom stereocenters. The van der Waals surface area contributed by atoms with Crippen molar-refractivity contribution in [2.24, 2.45) is 0 Å². The maximum Gasteiger partial charge on any atom is 0.516 e. The normalized spacial score (nSPS) is 11.9. The SMILES string of the molecule is CCOCCOC(C)OC(=O)Oc1ccccc1. The first-order valence-electron chi connectivity index (χ1n) is 5.85. The number of carbonyl (C=O) groups excluding carboxylic acids is 1. The van der Waals surface area contributed by atoms with Crippen molar-refractivity contribution in [1.82, 2.24) is 0 Å². The Kier molecular flexibility index (Phi) is 6.83. The van der Waals surface area contributed by atoms with Gasteiger partial charge < -0.3 is 18.9 Å². The summed E-state index contributed by atoms with van der Waals surface area (Å²) in [6.45, 7) is 5.00. The Morgan fingerprint density at radius 1 is 1.22 bits per heavy atom. The fraction of sp³-hybridized carbons (Fsp3) is 0.462. The van der Waals surface area contributed by atoms with Gasteiger partial charge in [-0.3, -0.25) is 0 Å². The molecular formula is C13H18O5. The molecule has 0 spiro atoms. The van der Waals surface area contributed by atoms with E-state index in [2.05, 4.69) is 0 Å². The molecule has 18 heavy (non-hydrogen) atoms. The fourth-order valence-corrected chi connectivity index (χ4v) is 1.20. The first kappa shape index (κ1) is 14.5. The van der Waals surface area contributed by atoms with Gasteiger partial charge >= 0.3 is 6.16 Å². The molecule has 0 aliphatic heterocycles. The van der Waals surface area contributed by atoms with Gasteiger partial charge in [0.15, 0.2) is 0 Å². The molecule has 1 atom stereocenters. The van der Waals surface area contributed by atoms with E-state index in [0.717, 1.165) is 0 Å². The Hall–Kier alpha value is -1.59. The number of benzene rings is 1. The van der Waals surface area contributed by atoms with Crippen LogP contribution in [0.5, 0.6) is 5.75 Å². The summed E-state index contributed by atoms with van der Waals surface area (Å²) in [5, 5.41) is 0. The van der Waals surface area contributed by atoms with Crippen LogP contribution in [-0.4, -0.2) is 32.3 Å². The van der Waals surface area contributed by atoms with Crippen molar-refractivity contribution in [3.63, 3.8) is 0 Å². The molecule has 1 rings (SSSR count). The van der Waals surface area contributed by atoms with Gasteiger partial charge in [0.2, 0.25) is 6.29 Å². The predicted molar refractivity (Wildman–Crippen MR) is 65.5 cm³/mol. The van der Waals surface area contributed by atoms with E-state index in [1.54, 1.807) is 31.2 Å². The second-order valence-electron chi connectivity index (χ2n) is 3.42. The van der Waals surface area contributed by atoms with Crippen LogP contribution in [0.25, 0.3) is 0 Å². The summed E-state index contributed by atoms with van der Waals surface area (Å²) < 4.78 is 20.1. The largest absolute Gasteiger partial charge is 0.516 e. The van der Waals surface area contributed by atoms with Crippen molar-refractivity contribution < 1.29 is 23.7 Å². The minimum absolute atomic E-state index is 0.369. The van der Waals surface area contributed by atoms with Crippen molar-refractivity contribution in [3.8, 4) is 5.75 Å². The molecule has 0 N–H and O–H groups in total. The maximum absolute atomic E-state index is 11.4. The lowest BCUT2D eigenvalue weighted by Gasteiger charge is -2.13. The molecule has 0 aliphatic carbocycles. The van der Waals surface area contributed by atoms with E-state index in [1.807, 2.05) is 13.0 Å². The van der Waals surface area contributed by atoms with Crippen molar-refractivity contribution >= 4 is 6.16 Å². The Balaban J connectivity index is 2.19. The predicted octanol–water partition coefficient (Wildman–Crippen LogP) is 2.60. The van der Waals surface area contributed by atoms with E-state index in [1.165, 1.54) is 0 Å². The van der Waals surface area contributed by atoms with Crippen LogP contribution < -0.4 is 4.74 Å². The minimum atomic E-state index is -0.787. The van der Waals surface area contributed by atoms with Crippen molar-refractivity contribution in [3.05, 3.63) is 30.3 Å². The molecule has 0 amide bonds. The lowest BCUT2D eigenvalue weighted by Crippen LogP contribution is -2.22. The summed E-state index contributed by atoms with van der Waals surface area (Å²) in [5.41, 5.74) is 0. The number of rotatable bonds is 7.